The van der Waals surface area contributed by atoms with Gasteiger partial charge in [0, 0.05) is 22.6 Å². The topological polar surface area (TPSA) is 68.8 Å². The molecule has 0 aromatic carbocycles. The van der Waals surface area contributed by atoms with Crippen molar-refractivity contribution < 1.29 is 31.9 Å². The van der Waals surface area contributed by atoms with Crippen molar-refractivity contribution in [2.45, 2.75) is 13.8 Å². The summed E-state index contributed by atoms with van der Waals surface area (Å²) in [7, 11) is 0. The molecule has 9 heavy (non-hydrogen) atoms. The van der Waals surface area contributed by atoms with E-state index in [1.807, 2.05) is 0 Å². The molecule has 0 aliphatic heterocycles. The third kappa shape index (κ3) is 18.3. The maximum Gasteiger partial charge on any atom is 0.155 e. The van der Waals surface area contributed by atoms with Crippen LogP contribution < -0.4 is 0 Å². The van der Waals surface area contributed by atoms with E-state index in [0.717, 1.165) is 0 Å². The molecule has 0 atom stereocenters. The molecule has 0 rings (SSSR count). The van der Waals surface area contributed by atoms with Crippen molar-refractivity contribution >= 4 is 5.78 Å². The molecule has 3 nitrogen and oxygen atoms in total. The Kier molecular flexibility index (Phi) is 13.5. The Hall–Kier alpha value is -0.336. The Bertz CT molecular complexity index is 105. The van der Waals surface area contributed by atoms with Crippen LogP contribution in [0.3, 0.4) is 0 Å². The first kappa shape index (κ1) is 15.9. The first-order valence-electron chi connectivity index (χ1n) is 2.01. The average molecular weight is 177 g/mol. The first-order chi connectivity index (χ1) is 3.13. The third-order valence-corrected chi connectivity index (χ3v) is 0.412. The fourth-order valence-electron chi connectivity index (χ4n) is 0.294. The molecule has 0 amide bonds. The Labute approximate surface area is 64.0 Å². The van der Waals surface area contributed by atoms with E-state index in [2.05, 4.69) is 0 Å². The number of carbonyl (C=O) groups is 1. The summed E-state index contributed by atoms with van der Waals surface area (Å²) in [4.78, 5) is 10.0. The van der Waals surface area contributed by atoms with Crippen LogP contribution in [-0.2, 0) is 21.3 Å². The standard InChI is InChI=1S/C5H8O2.Ni.H2O/c1-4(6)3-5(2)7;;/h3,6H,1-2H3;;1H2/b4-3-;;. The Morgan fingerprint density at radius 3 is 1.78 bits per heavy atom. The van der Waals surface area contributed by atoms with Crippen LogP contribution in [0.5, 0.6) is 0 Å². The molecule has 58 valence electrons. The van der Waals surface area contributed by atoms with Crippen LogP contribution in [0.25, 0.3) is 0 Å². The molecule has 0 spiro atoms. The minimum absolute atomic E-state index is 0. The maximum absolute atomic E-state index is 10.0. The number of allylic oxidation sites excluding steroid dienone is 2. The predicted octanol–water partition coefficient (Wildman–Crippen LogP) is 0.210. The van der Waals surface area contributed by atoms with Crippen molar-refractivity contribution in [1.29, 1.82) is 0 Å². The monoisotopic (exact) mass is 176 g/mol. The molecule has 0 radical (unpaired) electrons. The van der Waals surface area contributed by atoms with Crippen molar-refractivity contribution in [2.24, 2.45) is 0 Å². The molecule has 0 aliphatic rings. The summed E-state index contributed by atoms with van der Waals surface area (Å²) >= 11 is 0. The van der Waals surface area contributed by atoms with Crippen LogP contribution in [0.15, 0.2) is 11.8 Å². The summed E-state index contributed by atoms with van der Waals surface area (Å²) in [6, 6.07) is 0. The van der Waals surface area contributed by atoms with Gasteiger partial charge in [0.05, 0.1) is 5.76 Å². The van der Waals surface area contributed by atoms with Gasteiger partial charge in [0.15, 0.2) is 5.78 Å². The van der Waals surface area contributed by atoms with Crippen molar-refractivity contribution in [3.05, 3.63) is 11.8 Å². The minimum atomic E-state index is -0.125. The van der Waals surface area contributed by atoms with Crippen LogP contribution in [0, 0.1) is 0 Å². The average Bonchev–Trinajstić information content (AvgIpc) is 1.27. The SMILES string of the molecule is CC(=O)/C=C(/C)O.O.[Ni]. The molecule has 0 saturated carbocycles. The van der Waals surface area contributed by atoms with Gasteiger partial charge in [-0.2, -0.15) is 0 Å². The third-order valence-electron chi connectivity index (χ3n) is 0.412. The zero-order valence-corrected chi connectivity index (χ0v) is 6.24. The van der Waals surface area contributed by atoms with Gasteiger partial charge >= 0.3 is 0 Å². The van der Waals surface area contributed by atoms with Gasteiger partial charge in [-0.05, 0) is 13.8 Å². The predicted molar refractivity (Wildman–Crippen MR) is 30.7 cm³/mol. The molecule has 0 aliphatic carbocycles. The fourth-order valence-corrected chi connectivity index (χ4v) is 0.294. The zero-order valence-electron chi connectivity index (χ0n) is 5.25. The van der Waals surface area contributed by atoms with E-state index < -0.39 is 0 Å². The van der Waals surface area contributed by atoms with Gasteiger partial charge in [0.1, 0.15) is 0 Å². The van der Waals surface area contributed by atoms with E-state index in [1.165, 1.54) is 19.9 Å². The summed E-state index contributed by atoms with van der Waals surface area (Å²) in [5, 5.41) is 8.36. The van der Waals surface area contributed by atoms with Crippen molar-refractivity contribution in [3.8, 4) is 0 Å². The van der Waals surface area contributed by atoms with E-state index in [1.54, 1.807) is 0 Å². The van der Waals surface area contributed by atoms with Crippen molar-refractivity contribution in [3.63, 3.8) is 0 Å². The van der Waals surface area contributed by atoms with Gasteiger partial charge < -0.3 is 10.6 Å². The second kappa shape index (κ2) is 7.66. The maximum atomic E-state index is 10.0. The van der Waals surface area contributed by atoms with Gasteiger partial charge in [0.2, 0.25) is 0 Å². The number of ketones is 1. The summed E-state index contributed by atoms with van der Waals surface area (Å²) in [5.41, 5.74) is 0. The van der Waals surface area contributed by atoms with Crippen LogP contribution >= 0.6 is 0 Å². The molecule has 0 aromatic rings. The van der Waals surface area contributed by atoms with E-state index in [9.17, 15) is 4.79 Å². The van der Waals surface area contributed by atoms with E-state index in [0.29, 0.717) is 0 Å². The van der Waals surface area contributed by atoms with Gasteiger partial charge in [-0.1, -0.05) is 0 Å². The smallest absolute Gasteiger partial charge is 0.155 e. The molecular formula is C5H10NiO3. The Balaban J connectivity index is -0.000000180. The molecule has 0 unspecified atom stereocenters. The van der Waals surface area contributed by atoms with Crippen molar-refractivity contribution in [2.75, 3.05) is 0 Å². The number of hydrogen-bond donors (Lipinski definition) is 1. The second-order valence-corrected chi connectivity index (χ2v) is 1.40. The molecule has 0 heterocycles. The summed E-state index contributed by atoms with van der Waals surface area (Å²) < 4.78 is 0. The molecule has 4 heteroatoms. The van der Waals surface area contributed by atoms with E-state index >= 15 is 0 Å². The number of carbonyl (C=O) groups excluding carboxylic acids is 1. The van der Waals surface area contributed by atoms with Gasteiger partial charge in [-0.25, -0.2) is 0 Å². The van der Waals surface area contributed by atoms with Crippen LogP contribution in [0.4, 0.5) is 0 Å². The Morgan fingerprint density at radius 2 is 1.78 bits per heavy atom. The fraction of sp³-hybridized carbons (Fsp3) is 0.400. The molecule has 0 fully saturated rings. The number of aliphatic hydroxyl groups is 1. The number of rotatable bonds is 1. The van der Waals surface area contributed by atoms with Crippen LogP contribution in [0.2, 0.25) is 0 Å². The normalized spacial score (nSPS) is 8.89. The van der Waals surface area contributed by atoms with Gasteiger partial charge in [-0.15, -0.1) is 0 Å². The molecule has 3 N–H and O–H groups in total. The van der Waals surface area contributed by atoms with Crippen LogP contribution in [-0.4, -0.2) is 16.4 Å². The molecule has 0 bridgehead atoms. The first-order valence-corrected chi connectivity index (χ1v) is 2.01. The van der Waals surface area contributed by atoms with Gasteiger partial charge in [-0.3, -0.25) is 4.79 Å². The van der Waals surface area contributed by atoms with Crippen LogP contribution in [0.1, 0.15) is 13.8 Å². The van der Waals surface area contributed by atoms with E-state index in [4.69, 9.17) is 5.11 Å². The number of aliphatic hydroxyl groups excluding tert-OH is 1. The second-order valence-electron chi connectivity index (χ2n) is 1.40. The largest absolute Gasteiger partial charge is 0.512 e. The Morgan fingerprint density at radius 1 is 1.44 bits per heavy atom. The van der Waals surface area contributed by atoms with Crippen molar-refractivity contribution in [1.82, 2.24) is 0 Å². The quantitative estimate of drug-likeness (QED) is 0.353. The summed E-state index contributed by atoms with van der Waals surface area (Å²) in [6.07, 6.45) is 1.17. The zero-order chi connectivity index (χ0) is 5.86. The summed E-state index contributed by atoms with van der Waals surface area (Å²) in [5.74, 6) is -0.0625. The minimum Gasteiger partial charge on any atom is -0.512 e. The van der Waals surface area contributed by atoms with Gasteiger partial charge in [0.25, 0.3) is 0 Å². The summed E-state index contributed by atoms with van der Waals surface area (Å²) in [6.45, 7) is 2.85. The number of hydrogen-bond acceptors (Lipinski definition) is 2. The molecule has 0 aromatic heterocycles. The molecule has 0 saturated heterocycles. The molecular weight excluding hydrogens is 167 g/mol. The van der Waals surface area contributed by atoms with E-state index in [-0.39, 0.29) is 33.5 Å².